The molecular weight excluding hydrogens is 230 g/mol. The van der Waals surface area contributed by atoms with Gasteiger partial charge in [0, 0.05) is 13.1 Å². The lowest BCUT2D eigenvalue weighted by Gasteiger charge is -2.05. The molecule has 0 saturated carbocycles. The number of hydrogen-bond donors (Lipinski definition) is 3. The number of hydrogen-bond acceptors (Lipinski definition) is 5. The second-order valence-electron chi connectivity index (χ2n) is 2.52. The molecule has 0 saturated heterocycles. The first kappa shape index (κ1) is 13.8. The summed E-state index contributed by atoms with van der Waals surface area (Å²) in [5.41, 5.74) is 5.05. The van der Waals surface area contributed by atoms with E-state index < -0.39 is 20.0 Å². The molecule has 0 rings (SSSR count). The number of sulfonamides is 2. The second kappa shape index (κ2) is 5.61. The Hall–Kier alpha value is -0.220. The molecule has 0 bridgehead atoms. The summed E-state index contributed by atoms with van der Waals surface area (Å²) in [5.74, 6) is -0.486. The van der Waals surface area contributed by atoms with Crippen LogP contribution < -0.4 is 15.2 Å². The largest absolute Gasteiger partial charge is 0.329 e. The minimum absolute atomic E-state index is 0.00805. The van der Waals surface area contributed by atoms with Crippen molar-refractivity contribution in [2.75, 3.05) is 31.6 Å². The van der Waals surface area contributed by atoms with E-state index in [-0.39, 0.29) is 24.6 Å². The lowest BCUT2D eigenvalue weighted by molar-refractivity contribution is 0.578. The van der Waals surface area contributed by atoms with E-state index in [9.17, 15) is 16.8 Å². The lowest BCUT2D eigenvalue weighted by atomic mass is 10.8. The highest BCUT2D eigenvalue weighted by atomic mass is 32.2. The van der Waals surface area contributed by atoms with E-state index in [1.807, 2.05) is 0 Å². The molecule has 4 N–H and O–H groups in total. The summed E-state index contributed by atoms with van der Waals surface area (Å²) in [6.07, 6.45) is 0. The van der Waals surface area contributed by atoms with Crippen LogP contribution in [0.2, 0.25) is 0 Å². The van der Waals surface area contributed by atoms with Crippen LogP contribution in [0.5, 0.6) is 0 Å². The van der Waals surface area contributed by atoms with Crippen LogP contribution in [0.1, 0.15) is 0 Å². The smallest absolute Gasteiger partial charge is 0.212 e. The topological polar surface area (TPSA) is 118 Å². The van der Waals surface area contributed by atoms with E-state index in [4.69, 9.17) is 5.73 Å². The summed E-state index contributed by atoms with van der Waals surface area (Å²) in [4.78, 5) is 0. The first-order valence-electron chi connectivity index (χ1n) is 3.91. The third-order valence-corrected chi connectivity index (χ3v) is 4.17. The zero-order valence-electron chi connectivity index (χ0n) is 7.86. The molecule has 0 aliphatic rings. The maximum Gasteiger partial charge on any atom is 0.212 e. The van der Waals surface area contributed by atoms with Gasteiger partial charge in [0.25, 0.3) is 0 Å². The summed E-state index contributed by atoms with van der Waals surface area (Å²) in [6.45, 7) is -0.139. The Balaban J connectivity index is 3.98. The molecular formula is C5H15N3O4S2. The zero-order valence-corrected chi connectivity index (χ0v) is 9.49. The molecule has 0 radical (unpaired) electrons. The van der Waals surface area contributed by atoms with Gasteiger partial charge in [-0.1, -0.05) is 0 Å². The molecule has 0 fully saturated rings. The summed E-state index contributed by atoms with van der Waals surface area (Å²) >= 11 is 0. The van der Waals surface area contributed by atoms with Crippen molar-refractivity contribution in [2.45, 2.75) is 0 Å². The monoisotopic (exact) mass is 245 g/mol. The third kappa shape index (κ3) is 6.27. The molecule has 0 aromatic carbocycles. The first-order chi connectivity index (χ1) is 6.33. The van der Waals surface area contributed by atoms with E-state index in [0.29, 0.717) is 0 Å². The van der Waals surface area contributed by atoms with Gasteiger partial charge in [-0.15, -0.1) is 0 Å². The Morgan fingerprint density at radius 1 is 1.07 bits per heavy atom. The quantitative estimate of drug-likeness (QED) is 0.455. The molecule has 9 heteroatoms. The minimum atomic E-state index is -3.43. The molecule has 0 amide bonds. The maximum atomic E-state index is 11.0. The van der Waals surface area contributed by atoms with Crippen molar-refractivity contribution in [1.82, 2.24) is 9.44 Å². The SMILES string of the molecule is CNS(=O)(=O)CCNS(=O)(=O)CCN. The zero-order chi connectivity index (χ0) is 11.2. The summed E-state index contributed by atoms with van der Waals surface area (Å²) in [6, 6.07) is 0. The summed E-state index contributed by atoms with van der Waals surface area (Å²) in [7, 11) is -5.53. The standard InChI is InChI=1S/C5H15N3O4S2/c1-7-13(9,10)5-3-8-14(11,12)4-2-6/h7-8H,2-6H2,1H3. The van der Waals surface area contributed by atoms with Crippen LogP contribution in [-0.4, -0.2) is 48.5 Å². The van der Waals surface area contributed by atoms with Gasteiger partial charge >= 0.3 is 0 Å². The predicted octanol–water partition coefficient (Wildman–Crippen LogP) is -2.59. The van der Waals surface area contributed by atoms with Gasteiger partial charge in [0.1, 0.15) is 0 Å². The first-order valence-corrected chi connectivity index (χ1v) is 7.22. The summed E-state index contributed by atoms with van der Waals surface area (Å²) < 4.78 is 47.9. The fourth-order valence-electron chi connectivity index (χ4n) is 0.661. The van der Waals surface area contributed by atoms with Gasteiger partial charge in [-0.3, -0.25) is 0 Å². The van der Waals surface area contributed by atoms with E-state index in [1.165, 1.54) is 7.05 Å². The molecule has 0 aromatic heterocycles. The molecule has 0 atom stereocenters. The molecule has 0 spiro atoms. The molecule has 14 heavy (non-hydrogen) atoms. The Morgan fingerprint density at radius 3 is 2.07 bits per heavy atom. The Kier molecular flexibility index (Phi) is 5.52. The van der Waals surface area contributed by atoms with Crippen LogP contribution in [-0.2, 0) is 20.0 Å². The van der Waals surface area contributed by atoms with E-state index in [2.05, 4.69) is 9.44 Å². The van der Waals surface area contributed by atoms with E-state index >= 15 is 0 Å². The fraction of sp³-hybridized carbons (Fsp3) is 1.00. The average molecular weight is 245 g/mol. The molecule has 0 aromatic rings. The highest BCUT2D eigenvalue weighted by molar-refractivity contribution is 7.90. The van der Waals surface area contributed by atoms with E-state index in [0.717, 1.165) is 0 Å². The Morgan fingerprint density at radius 2 is 1.64 bits per heavy atom. The number of nitrogens with one attached hydrogen (secondary N) is 2. The molecule has 86 valence electrons. The van der Waals surface area contributed by atoms with Crippen molar-refractivity contribution in [3.05, 3.63) is 0 Å². The molecule has 0 unspecified atom stereocenters. The maximum absolute atomic E-state index is 11.0. The van der Waals surface area contributed by atoms with Gasteiger partial charge in [0.05, 0.1) is 11.5 Å². The molecule has 0 aliphatic carbocycles. The summed E-state index contributed by atoms with van der Waals surface area (Å²) in [5, 5.41) is 0. The third-order valence-electron chi connectivity index (χ3n) is 1.39. The predicted molar refractivity (Wildman–Crippen MR) is 53.7 cm³/mol. The van der Waals surface area contributed by atoms with Crippen molar-refractivity contribution in [3.63, 3.8) is 0 Å². The molecule has 0 heterocycles. The average Bonchev–Trinajstić information content (AvgIpc) is 2.03. The fourth-order valence-corrected chi connectivity index (χ4v) is 2.23. The van der Waals surface area contributed by atoms with Crippen molar-refractivity contribution in [1.29, 1.82) is 0 Å². The van der Waals surface area contributed by atoms with Crippen LogP contribution >= 0.6 is 0 Å². The Labute approximate surface area is 84.2 Å². The van der Waals surface area contributed by atoms with Gasteiger partial charge in [0.15, 0.2) is 0 Å². The van der Waals surface area contributed by atoms with Gasteiger partial charge in [0.2, 0.25) is 20.0 Å². The van der Waals surface area contributed by atoms with Gasteiger partial charge < -0.3 is 5.73 Å². The van der Waals surface area contributed by atoms with E-state index in [1.54, 1.807) is 0 Å². The second-order valence-corrected chi connectivity index (χ2v) is 6.50. The molecule has 7 nitrogen and oxygen atoms in total. The van der Waals surface area contributed by atoms with Crippen molar-refractivity contribution < 1.29 is 16.8 Å². The lowest BCUT2D eigenvalue weighted by Crippen LogP contribution is -2.35. The van der Waals surface area contributed by atoms with Crippen molar-refractivity contribution in [2.24, 2.45) is 5.73 Å². The highest BCUT2D eigenvalue weighted by Crippen LogP contribution is 1.84. The van der Waals surface area contributed by atoms with Crippen LogP contribution in [0.4, 0.5) is 0 Å². The van der Waals surface area contributed by atoms with Crippen molar-refractivity contribution in [3.8, 4) is 0 Å². The molecule has 0 aliphatic heterocycles. The highest BCUT2D eigenvalue weighted by Gasteiger charge is 2.11. The van der Waals surface area contributed by atoms with Gasteiger partial charge in [-0.25, -0.2) is 26.3 Å². The van der Waals surface area contributed by atoms with Crippen LogP contribution in [0.25, 0.3) is 0 Å². The Bertz CT molecular complexity index is 347. The van der Waals surface area contributed by atoms with Gasteiger partial charge in [-0.2, -0.15) is 0 Å². The van der Waals surface area contributed by atoms with Crippen LogP contribution in [0.3, 0.4) is 0 Å². The van der Waals surface area contributed by atoms with Crippen LogP contribution in [0, 0.1) is 0 Å². The van der Waals surface area contributed by atoms with Crippen LogP contribution in [0.15, 0.2) is 0 Å². The minimum Gasteiger partial charge on any atom is -0.329 e. The number of rotatable bonds is 7. The number of nitrogens with two attached hydrogens (primary N) is 1. The van der Waals surface area contributed by atoms with Gasteiger partial charge in [-0.05, 0) is 7.05 Å². The normalized spacial score (nSPS) is 13.0. The van der Waals surface area contributed by atoms with Crippen molar-refractivity contribution >= 4 is 20.0 Å².